The van der Waals surface area contributed by atoms with Gasteiger partial charge in [0, 0.05) is 23.6 Å². The minimum Gasteiger partial charge on any atom is -0.369 e. The second-order valence-corrected chi connectivity index (χ2v) is 8.60. The van der Waals surface area contributed by atoms with Crippen molar-refractivity contribution in [1.82, 2.24) is 10.1 Å². The average molecular weight is 378 g/mol. The Labute approximate surface area is 149 Å². The fourth-order valence-electron chi connectivity index (χ4n) is 2.94. The van der Waals surface area contributed by atoms with Crippen LogP contribution >= 0.6 is 0 Å². The Hall–Kier alpha value is -2.75. The van der Waals surface area contributed by atoms with E-state index in [0.29, 0.717) is 11.5 Å². The molecular weight excluding hydrogens is 360 g/mol. The van der Waals surface area contributed by atoms with Crippen LogP contribution in [0.25, 0.3) is 11.4 Å². The van der Waals surface area contributed by atoms with Crippen LogP contribution in [-0.4, -0.2) is 41.4 Å². The van der Waals surface area contributed by atoms with Crippen molar-refractivity contribution >= 4 is 27.3 Å². The van der Waals surface area contributed by atoms with Gasteiger partial charge in [0.1, 0.15) is 0 Å². The van der Waals surface area contributed by atoms with Gasteiger partial charge in [0.15, 0.2) is 9.84 Å². The molecule has 3 N–H and O–H groups in total. The Balaban J connectivity index is 1.63. The van der Waals surface area contributed by atoms with Crippen molar-refractivity contribution in [2.24, 2.45) is 11.7 Å². The van der Waals surface area contributed by atoms with Gasteiger partial charge in [0.05, 0.1) is 11.0 Å². The molecule has 0 spiro atoms. The van der Waals surface area contributed by atoms with Crippen LogP contribution in [0.1, 0.15) is 19.3 Å². The van der Waals surface area contributed by atoms with Gasteiger partial charge >= 0.3 is 0 Å². The van der Waals surface area contributed by atoms with Crippen LogP contribution < -0.4 is 11.1 Å². The van der Waals surface area contributed by atoms with Gasteiger partial charge < -0.3 is 15.6 Å². The lowest BCUT2D eigenvalue weighted by Crippen LogP contribution is -2.40. The zero-order valence-corrected chi connectivity index (χ0v) is 14.6. The Bertz CT molecular complexity index is 893. The molecular formula is C16H18N4O5S. The second kappa shape index (κ2) is 7.24. The number of nitrogens with zero attached hydrogens (tertiary/aromatic N) is 2. The first kappa shape index (κ1) is 18.1. The fraction of sp³-hybridized carbons (Fsp3) is 0.375. The van der Waals surface area contributed by atoms with E-state index in [9.17, 15) is 18.0 Å². The molecule has 2 amide bonds. The molecule has 2 atom stereocenters. The number of anilines is 1. The Morgan fingerprint density at radius 3 is 2.62 bits per heavy atom. The summed E-state index contributed by atoms with van der Waals surface area (Å²) in [6.45, 7) is 0. The van der Waals surface area contributed by atoms with Gasteiger partial charge in [-0.3, -0.25) is 9.59 Å². The third-order valence-electron chi connectivity index (χ3n) is 4.41. The molecule has 26 heavy (non-hydrogen) atoms. The van der Waals surface area contributed by atoms with Crippen LogP contribution in [0.15, 0.2) is 35.2 Å². The van der Waals surface area contributed by atoms with E-state index in [1.165, 1.54) is 6.39 Å². The monoisotopic (exact) mass is 378 g/mol. The average Bonchev–Trinajstić information content (AvgIpc) is 3.11. The van der Waals surface area contributed by atoms with E-state index in [-0.39, 0.29) is 25.0 Å². The van der Waals surface area contributed by atoms with Crippen LogP contribution in [0.2, 0.25) is 0 Å². The number of hydrogen-bond acceptors (Lipinski definition) is 7. The molecule has 9 nitrogen and oxygen atoms in total. The molecule has 2 aromatic rings. The van der Waals surface area contributed by atoms with Crippen molar-refractivity contribution in [2.75, 3.05) is 11.1 Å². The maximum Gasteiger partial charge on any atom is 0.225 e. The zero-order valence-electron chi connectivity index (χ0n) is 13.8. The maximum absolute atomic E-state index is 12.2. The number of carbonyl (C=O) groups excluding carboxylic acids is 2. The van der Waals surface area contributed by atoms with E-state index < -0.39 is 32.8 Å². The van der Waals surface area contributed by atoms with E-state index >= 15 is 0 Å². The molecule has 0 bridgehead atoms. The maximum atomic E-state index is 12.2. The Kier molecular flexibility index (Phi) is 5.03. The van der Waals surface area contributed by atoms with Crippen molar-refractivity contribution in [1.29, 1.82) is 0 Å². The topological polar surface area (TPSA) is 145 Å². The molecule has 2 heterocycles. The molecule has 0 saturated carbocycles. The van der Waals surface area contributed by atoms with Gasteiger partial charge in [-0.25, -0.2) is 8.42 Å². The lowest BCUT2D eigenvalue weighted by atomic mass is 9.97. The van der Waals surface area contributed by atoms with Crippen LogP contribution in [0, 0.1) is 5.92 Å². The van der Waals surface area contributed by atoms with Gasteiger partial charge in [-0.1, -0.05) is 5.16 Å². The summed E-state index contributed by atoms with van der Waals surface area (Å²) < 4.78 is 29.0. The van der Waals surface area contributed by atoms with E-state index in [2.05, 4.69) is 20.0 Å². The predicted octanol–water partition coefficient (Wildman–Crippen LogP) is 0.744. The van der Waals surface area contributed by atoms with Gasteiger partial charge in [-0.05, 0) is 37.1 Å². The van der Waals surface area contributed by atoms with E-state index in [1.54, 1.807) is 24.3 Å². The smallest absolute Gasteiger partial charge is 0.225 e. The minimum absolute atomic E-state index is 0.0852. The van der Waals surface area contributed by atoms with E-state index in [4.69, 9.17) is 5.73 Å². The number of aromatic nitrogens is 2. The van der Waals surface area contributed by atoms with Crippen LogP contribution in [-0.2, 0) is 19.4 Å². The molecule has 10 heteroatoms. The number of nitrogens with one attached hydrogen (secondary N) is 1. The van der Waals surface area contributed by atoms with E-state index in [1.807, 2.05) is 0 Å². The SMILES string of the molecule is NC(=O)C1CCS(=O)(=O)C(CC(=O)Nc2ccc(-c3ncon3)cc2)C1. The highest BCUT2D eigenvalue weighted by molar-refractivity contribution is 7.92. The van der Waals surface area contributed by atoms with Gasteiger partial charge in [0.2, 0.25) is 24.0 Å². The number of sulfone groups is 1. The van der Waals surface area contributed by atoms with Gasteiger partial charge in [-0.15, -0.1) is 0 Å². The summed E-state index contributed by atoms with van der Waals surface area (Å²) in [4.78, 5) is 27.5. The summed E-state index contributed by atoms with van der Waals surface area (Å²) in [5, 5.41) is 5.48. The summed E-state index contributed by atoms with van der Waals surface area (Å²) in [7, 11) is -3.41. The molecule has 1 aliphatic heterocycles. The summed E-state index contributed by atoms with van der Waals surface area (Å²) >= 11 is 0. The molecule has 0 aliphatic carbocycles. The first-order valence-corrected chi connectivity index (χ1v) is 9.74. The number of hydrogen-bond donors (Lipinski definition) is 2. The van der Waals surface area contributed by atoms with E-state index in [0.717, 1.165) is 5.56 Å². The molecule has 1 aromatic carbocycles. The third-order valence-corrected chi connectivity index (χ3v) is 6.59. The lowest BCUT2D eigenvalue weighted by molar-refractivity contribution is -0.122. The minimum atomic E-state index is -3.41. The summed E-state index contributed by atoms with van der Waals surface area (Å²) in [6.07, 6.45) is 1.31. The number of nitrogens with two attached hydrogens (primary N) is 1. The van der Waals surface area contributed by atoms with Crippen molar-refractivity contribution in [3.05, 3.63) is 30.7 Å². The molecule has 2 unspecified atom stereocenters. The highest BCUT2D eigenvalue weighted by atomic mass is 32.2. The Morgan fingerprint density at radius 2 is 2.00 bits per heavy atom. The molecule has 3 rings (SSSR count). The predicted molar refractivity (Wildman–Crippen MR) is 92.5 cm³/mol. The number of benzene rings is 1. The lowest BCUT2D eigenvalue weighted by Gasteiger charge is -2.26. The van der Waals surface area contributed by atoms with Gasteiger partial charge in [-0.2, -0.15) is 4.98 Å². The quantitative estimate of drug-likeness (QED) is 0.780. The summed E-state index contributed by atoms with van der Waals surface area (Å²) in [6, 6.07) is 6.73. The van der Waals surface area contributed by atoms with Gasteiger partial charge in [0.25, 0.3) is 0 Å². The van der Waals surface area contributed by atoms with Crippen LogP contribution in [0.5, 0.6) is 0 Å². The highest BCUT2D eigenvalue weighted by Gasteiger charge is 2.37. The molecule has 1 fully saturated rings. The standard InChI is InChI=1S/C16H18N4O5S/c17-15(22)11-5-6-26(23,24)13(7-11)8-14(21)19-12-3-1-10(2-4-12)16-18-9-25-20-16/h1-4,9,11,13H,5-8H2,(H2,17,22)(H,19,21). The second-order valence-electron chi connectivity index (χ2n) is 6.20. The highest BCUT2D eigenvalue weighted by Crippen LogP contribution is 2.27. The van der Waals surface area contributed by atoms with Crippen LogP contribution in [0.4, 0.5) is 5.69 Å². The normalized spacial score (nSPS) is 21.8. The number of carbonyl (C=O) groups is 2. The number of rotatable bonds is 5. The van der Waals surface area contributed by atoms with Crippen molar-refractivity contribution in [3.63, 3.8) is 0 Å². The van der Waals surface area contributed by atoms with Crippen molar-refractivity contribution in [2.45, 2.75) is 24.5 Å². The summed E-state index contributed by atoms with van der Waals surface area (Å²) in [5.74, 6) is -1.17. The molecule has 1 aromatic heterocycles. The van der Waals surface area contributed by atoms with Crippen LogP contribution in [0.3, 0.4) is 0 Å². The zero-order chi connectivity index (χ0) is 18.7. The number of primary amides is 1. The first-order chi connectivity index (χ1) is 12.3. The summed E-state index contributed by atoms with van der Waals surface area (Å²) in [5.41, 5.74) is 6.51. The fourth-order valence-corrected chi connectivity index (χ4v) is 4.82. The first-order valence-electron chi connectivity index (χ1n) is 8.02. The number of amides is 2. The molecule has 138 valence electrons. The molecule has 1 aliphatic rings. The third kappa shape index (κ3) is 4.07. The Morgan fingerprint density at radius 1 is 1.27 bits per heavy atom. The van der Waals surface area contributed by atoms with Crippen molar-refractivity contribution < 1.29 is 22.5 Å². The molecule has 1 saturated heterocycles. The van der Waals surface area contributed by atoms with Crippen molar-refractivity contribution in [3.8, 4) is 11.4 Å². The molecule has 0 radical (unpaired) electrons. The largest absolute Gasteiger partial charge is 0.369 e.